The molecule has 4 rings (SSSR count). The van der Waals surface area contributed by atoms with Gasteiger partial charge in [-0.15, -0.1) is 0 Å². The molecule has 9 nitrogen and oxygen atoms in total. The Bertz CT molecular complexity index is 1270. The minimum atomic E-state index is -1.67. The first-order valence-electron chi connectivity index (χ1n) is 10.8. The van der Waals surface area contributed by atoms with E-state index in [9.17, 15) is 14.7 Å². The second-order valence-corrected chi connectivity index (χ2v) is 7.78. The smallest absolute Gasteiger partial charge is 0.359 e. The number of amides is 1. The number of aromatic nitrogens is 4. The summed E-state index contributed by atoms with van der Waals surface area (Å²) in [6.45, 7) is 5.13. The molecule has 1 amide bonds. The first-order valence-corrected chi connectivity index (χ1v) is 10.8. The summed E-state index contributed by atoms with van der Waals surface area (Å²) in [6, 6.07) is 7.19. The molecule has 0 saturated carbocycles. The number of esters is 1. The van der Waals surface area contributed by atoms with Crippen molar-refractivity contribution in [3.63, 3.8) is 0 Å². The molecule has 170 valence electrons. The number of likely N-dealkylation sites (N-methyl/N-ethyl adjacent to an activating group) is 1. The normalized spacial score (nSPS) is 17.7. The average molecular weight is 447 g/mol. The molecule has 0 spiro atoms. The Kier molecular flexibility index (Phi) is 6.03. The molecule has 3 heterocycles. The minimum absolute atomic E-state index is 0.192. The van der Waals surface area contributed by atoms with Crippen molar-refractivity contribution in [2.24, 2.45) is 0 Å². The van der Waals surface area contributed by atoms with Crippen LogP contribution in [0.1, 0.15) is 36.3 Å². The average Bonchev–Trinajstić information content (AvgIpc) is 3.53. The summed E-state index contributed by atoms with van der Waals surface area (Å²) >= 11 is 0. The molecule has 2 aromatic heterocycles. The van der Waals surface area contributed by atoms with Crippen LogP contribution in [0.5, 0.6) is 0 Å². The van der Waals surface area contributed by atoms with E-state index in [0.717, 1.165) is 5.56 Å². The van der Waals surface area contributed by atoms with E-state index in [4.69, 9.17) is 4.74 Å². The van der Waals surface area contributed by atoms with Gasteiger partial charge in [0.15, 0.2) is 5.69 Å². The molecule has 0 unspecified atom stereocenters. The molecule has 1 aromatic carbocycles. The van der Waals surface area contributed by atoms with Crippen molar-refractivity contribution in [2.75, 3.05) is 20.2 Å². The van der Waals surface area contributed by atoms with Gasteiger partial charge in [-0.25, -0.2) is 9.48 Å². The van der Waals surface area contributed by atoms with Gasteiger partial charge in [-0.3, -0.25) is 9.48 Å². The van der Waals surface area contributed by atoms with E-state index in [2.05, 4.69) is 22.0 Å². The summed E-state index contributed by atoms with van der Waals surface area (Å²) < 4.78 is 8.54. The van der Waals surface area contributed by atoms with Gasteiger partial charge in [0.05, 0.1) is 18.5 Å². The van der Waals surface area contributed by atoms with E-state index in [1.807, 2.05) is 19.2 Å². The van der Waals surface area contributed by atoms with Crippen molar-refractivity contribution in [1.29, 1.82) is 0 Å². The largest absolute Gasteiger partial charge is 0.461 e. The molecule has 0 radical (unpaired) electrons. The number of rotatable bonds is 5. The second-order valence-electron chi connectivity index (χ2n) is 7.78. The Morgan fingerprint density at radius 2 is 2.12 bits per heavy atom. The highest BCUT2D eigenvalue weighted by atomic mass is 16.5. The highest BCUT2D eigenvalue weighted by Crippen LogP contribution is 2.26. The van der Waals surface area contributed by atoms with Crippen molar-refractivity contribution in [3.05, 3.63) is 54.1 Å². The SMILES string of the molecule is CCOC(=O)c1nn(-c2cccc(C#C[C@]3(O)CCN(C)C3=O)c2)cc1-c1cnn(CC)c1. The number of aliphatic hydroxyl groups is 1. The van der Waals surface area contributed by atoms with Crippen LogP contribution in [0.3, 0.4) is 0 Å². The third-order valence-corrected chi connectivity index (χ3v) is 5.49. The summed E-state index contributed by atoms with van der Waals surface area (Å²) in [7, 11) is 1.64. The molecule has 1 fully saturated rings. The molecule has 33 heavy (non-hydrogen) atoms. The molecule has 1 aliphatic heterocycles. The van der Waals surface area contributed by atoms with E-state index >= 15 is 0 Å². The third kappa shape index (κ3) is 4.38. The lowest BCUT2D eigenvalue weighted by Crippen LogP contribution is -2.37. The number of carbonyl (C=O) groups excluding carboxylic acids is 2. The van der Waals surface area contributed by atoms with E-state index in [0.29, 0.717) is 29.9 Å². The number of carbonyl (C=O) groups is 2. The molecule has 1 aliphatic rings. The monoisotopic (exact) mass is 447 g/mol. The Hall–Kier alpha value is -3.90. The van der Waals surface area contributed by atoms with Crippen LogP contribution in [0.4, 0.5) is 0 Å². The quantitative estimate of drug-likeness (QED) is 0.473. The first kappa shape index (κ1) is 22.3. The maximum Gasteiger partial charge on any atom is 0.359 e. The highest BCUT2D eigenvalue weighted by Gasteiger charge is 2.42. The minimum Gasteiger partial charge on any atom is -0.461 e. The number of likely N-dealkylation sites (tertiary alicyclic amines) is 1. The van der Waals surface area contributed by atoms with Gasteiger partial charge in [-0.05, 0) is 32.0 Å². The van der Waals surface area contributed by atoms with Gasteiger partial charge in [0.25, 0.3) is 5.91 Å². The predicted molar refractivity (Wildman–Crippen MR) is 120 cm³/mol. The summed E-state index contributed by atoms with van der Waals surface area (Å²) in [4.78, 5) is 26.2. The van der Waals surface area contributed by atoms with E-state index in [-0.39, 0.29) is 18.7 Å². The van der Waals surface area contributed by atoms with E-state index in [1.165, 1.54) is 4.90 Å². The summed E-state index contributed by atoms with van der Waals surface area (Å²) in [5.74, 6) is 4.71. The van der Waals surface area contributed by atoms with Crippen LogP contribution in [0.15, 0.2) is 42.9 Å². The van der Waals surface area contributed by atoms with Gasteiger partial charge in [0.1, 0.15) is 0 Å². The summed E-state index contributed by atoms with van der Waals surface area (Å²) in [6.07, 6.45) is 5.55. The maximum atomic E-state index is 12.6. The predicted octanol–water partition coefficient (Wildman–Crippen LogP) is 1.88. The molecule has 9 heteroatoms. The van der Waals surface area contributed by atoms with Crippen LogP contribution in [-0.2, 0) is 16.1 Å². The number of hydrogen-bond donors (Lipinski definition) is 1. The molecule has 1 atom stereocenters. The fourth-order valence-corrected chi connectivity index (χ4v) is 3.61. The molecule has 0 bridgehead atoms. The van der Waals surface area contributed by atoms with E-state index in [1.54, 1.807) is 53.9 Å². The zero-order chi connectivity index (χ0) is 23.6. The van der Waals surface area contributed by atoms with Crippen molar-refractivity contribution in [2.45, 2.75) is 32.4 Å². The summed E-state index contributed by atoms with van der Waals surface area (Å²) in [5, 5.41) is 19.3. The number of hydrogen-bond acceptors (Lipinski definition) is 6. The van der Waals surface area contributed by atoms with Crippen molar-refractivity contribution in [3.8, 4) is 28.7 Å². The van der Waals surface area contributed by atoms with Crippen LogP contribution in [-0.4, -0.2) is 67.2 Å². The Morgan fingerprint density at radius 3 is 2.79 bits per heavy atom. The second kappa shape index (κ2) is 8.92. The van der Waals surface area contributed by atoms with Crippen LogP contribution in [0, 0.1) is 11.8 Å². The lowest BCUT2D eigenvalue weighted by molar-refractivity contribution is -0.137. The van der Waals surface area contributed by atoms with Crippen LogP contribution >= 0.6 is 0 Å². The van der Waals surface area contributed by atoms with Gasteiger partial charge >= 0.3 is 5.97 Å². The fraction of sp³-hybridized carbons (Fsp3) is 0.333. The molecule has 3 aromatic rings. The fourth-order valence-electron chi connectivity index (χ4n) is 3.61. The standard InChI is InChI=1S/C24H25N5O4/c1-4-28-15-18(14-25-28)20-16-29(26-21(20)22(30)33-5-2)19-8-6-7-17(13-19)9-10-24(32)11-12-27(3)23(24)31/h6-8,13-16,32H,4-5,11-12H2,1-3H3/t24-/m0/s1. The Labute approximate surface area is 191 Å². The number of benzene rings is 1. The lowest BCUT2D eigenvalue weighted by atomic mass is 10.0. The van der Waals surface area contributed by atoms with Crippen LogP contribution < -0.4 is 0 Å². The molecular weight excluding hydrogens is 422 g/mol. The summed E-state index contributed by atoms with van der Waals surface area (Å²) in [5.41, 5.74) is 1.17. The van der Waals surface area contributed by atoms with Gasteiger partial charge < -0.3 is 14.7 Å². The lowest BCUT2D eigenvalue weighted by Gasteiger charge is -2.13. The number of nitrogens with zero attached hydrogens (tertiary/aromatic N) is 5. The van der Waals surface area contributed by atoms with Crippen molar-refractivity contribution in [1.82, 2.24) is 24.5 Å². The zero-order valence-corrected chi connectivity index (χ0v) is 18.8. The van der Waals surface area contributed by atoms with Gasteiger partial charge in [-0.2, -0.15) is 10.2 Å². The molecule has 0 aliphatic carbocycles. The van der Waals surface area contributed by atoms with Gasteiger partial charge in [-0.1, -0.05) is 17.9 Å². The Morgan fingerprint density at radius 1 is 1.30 bits per heavy atom. The maximum absolute atomic E-state index is 12.6. The van der Waals surface area contributed by atoms with Gasteiger partial charge in [0, 0.05) is 55.6 Å². The van der Waals surface area contributed by atoms with Crippen molar-refractivity contribution >= 4 is 11.9 Å². The topological polar surface area (TPSA) is 102 Å². The third-order valence-electron chi connectivity index (χ3n) is 5.49. The molecular formula is C24H25N5O4. The Balaban J connectivity index is 1.70. The van der Waals surface area contributed by atoms with Gasteiger partial charge in [0.2, 0.25) is 5.60 Å². The number of aryl methyl sites for hydroxylation is 1. The van der Waals surface area contributed by atoms with Crippen molar-refractivity contribution < 1.29 is 19.4 Å². The highest BCUT2D eigenvalue weighted by molar-refractivity contribution is 5.95. The first-order chi connectivity index (χ1) is 15.8. The van der Waals surface area contributed by atoms with E-state index < -0.39 is 17.5 Å². The van der Waals surface area contributed by atoms with Crippen LogP contribution in [0.25, 0.3) is 16.8 Å². The molecule has 1 N–H and O–H groups in total. The molecule has 1 saturated heterocycles. The zero-order valence-electron chi connectivity index (χ0n) is 18.8. The van der Waals surface area contributed by atoms with Crippen LogP contribution in [0.2, 0.25) is 0 Å². The number of ether oxygens (including phenoxy) is 1.